The summed E-state index contributed by atoms with van der Waals surface area (Å²) in [6.07, 6.45) is 2.55. The first-order chi connectivity index (χ1) is 10.1. The molecule has 0 saturated carbocycles. The first kappa shape index (κ1) is 14.8. The molecule has 21 heavy (non-hydrogen) atoms. The lowest BCUT2D eigenvalue weighted by Gasteiger charge is -2.22. The number of rotatable bonds is 5. The molecule has 116 valence electrons. The number of ether oxygens (including phenoxy) is 1. The van der Waals surface area contributed by atoms with Gasteiger partial charge in [-0.1, -0.05) is 18.2 Å². The molecule has 1 unspecified atom stereocenters. The van der Waals surface area contributed by atoms with Crippen molar-refractivity contribution >= 4 is 10.0 Å². The van der Waals surface area contributed by atoms with E-state index in [2.05, 4.69) is 10.0 Å². The number of hydrogen-bond acceptors (Lipinski definition) is 4. The van der Waals surface area contributed by atoms with Gasteiger partial charge in [0.25, 0.3) is 0 Å². The fourth-order valence-corrected chi connectivity index (χ4v) is 4.52. The third-order valence-corrected chi connectivity index (χ3v) is 5.68. The average molecular weight is 310 g/mol. The lowest BCUT2D eigenvalue weighted by molar-refractivity contribution is 0.236. The number of para-hydroxylation sites is 1. The molecule has 0 aliphatic carbocycles. The topological polar surface area (TPSA) is 67.4 Å². The van der Waals surface area contributed by atoms with E-state index >= 15 is 0 Å². The predicted octanol–water partition coefficient (Wildman–Crippen LogP) is 0.909. The molecule has 5 nitrogen and oxygen atoms in total. The summed E-state index contributed by atoms with van der Waals surface area (Å²) in [6, 6.07) is 7.87. The van der Waals surface area contributed by atoms with Crippen molar-refractivity contribution in [2.45, 2.75) is 25.4 Å². The second kappa shape index (κ2) is 6.34. The lowest BCUT2D eigenvalue weighted by Crippen LogP contribution is -2.39. The monoisotopic (exact) mass is 310 g/mol. The third kappa shape index (κ3) is 3.96. The van der Waals surface area contributed by atoms with Crippen LogP contribution in [0.15, 0.2) is 24.3 Å². The zero-order valence-corrected chi connectivity index (χ0v) is 12.9. The van der Waals surface area contributed by atoms with E-state index in [1.54, 1.807) is 0 Å². The van der Waals surface area contributed by atoms with Crippen molar-refractivity contribution in [1.29, 1.82) is 0 Å². The van der Waals surface area contributed by atoms with Crippen LogP contribution in [0.4, 0.5) is 0 Å². The summed E-state index contributed by atoms with van der Waals surface area (Å²) in [5.74, 6) is 1.37. The van der Waals surface area contributed by atoms with Gasteiger partial charge in [-0.2, -0.15) is 0 Å². The summed E-state index contributed by atoms with van der Waals surface area (Å²) in [4.78, 5) is 0. The summed E-state index contributed by atoms with van der Waals surface area (Å²) in [5.41, 5.74) is 1.15. The van der Waals surface area contributed by atoms with Gasteiger partial charge < -0.3 is 10.1 Å². The maximum atomic E-state index is 12.1. The molecule has 2 N–H and O–H groups in total. The summed E-state index contributed by atoms with van der Waals surface area (Å²) in [6.45, 7) is 2.18. The van der Waals surface area contributed by atoms with Crippen molar-refractivity contribution in [3.05, 3.63) is 29.8 Å². The van der Waals surface area contributed by atoms with Gasteiger partial charge in [-0.15, -0.1) is 0 Å². The summed E-state index contributed by atoms with van der Waals surface area (Å²) >= 11 is 0. The molecule has 1 aromatic rings. The molecule has 0 spiro atoms. The number of hydrogen-bond donors (Lipinski definition) is 2. The van der Waals surface area contributed by atoms with Crippen LogP contribution >= 0.6 is 0 Å². The Kier molecular flexibility index (Phi) is 4.47. The quantitative estimate of drug-likeness (QED) is 0.848. The van der Waals surface area contributed by atoms with E-state index in [-0.39, 0.29) is 17.8 Å². The molecular formula is C15H22N2O3S. The summed E-state index contributed by atoms with van der Waals surface area (Å²) < 4.78 is 32.7. The molecule has 0 aromatic heterocycles. The molecule has 0 bridgehead atoms. The van der Waals surface area contributed by atoms with Crippen LogP contribution in [0, 0.1) is 5.92 Å². The smallest absolute Gasteiger partial charge is 0.211 e. The Morgan fingerprint density at radius 2 is 2.00 bits per heavy atom. The molecule has 1 fully saturated rings. The van der Waals surface area contributed by atoms with Crippen molar-refractivity contribution in [1.82, 2.24) is 10.0 Å². The van der Waals surface area contributed by atoms with Gasteiger partial charge >= 0.3 is 0 Å². The Morgan fingerprint density at radius 1 is 1.24 bits per heavy atom. The standard InChI is InChI=1S/C15H22N2O3S/c18-21(19,11-12-5-7-16-8-6-12)17-10-14-9-13-3-1-2-4-15(13)20-14/h1-4,12,14,16-17H,5-11H2. The predicted molar refractivity (Wildman–Crippen MR) is 81.9 cm³/mol. The first-order valence-electron chi connectivity index (χ1n) is 7.55. The van der Waals surface area contributed by atoms with Gasteiger partial charge in [-0.3, -0.25) is 0 Å². The fourth-order valence-electron chi connectivity index (χ4n) is 3.01. The van der Waals surface area contributed by atoms with Gasteiger partial charge in [0.15, 0.2) is 0 Å². The lowest BCUT2D eigenvalue weighted by atomic mass is 10.0. The normalized spacial score (nSPS) is 22.8. The van der Waals surface area contributed by atoms with Gasteiger partial charge in [0.2, 0.25) is 10.0 Å². The minimum absolute atomic E-state index is 0.0924. The Balaban J connectivity index is 1.49. The van der Waals surface area contributed by atoms with Crippen LogP contribution in [0.2, 0.25) is 0 Å². The van der Waals surface area contributed by atoms with Gasteiger partial charge in [-0.25, -0.2) is 13.1 Å². The summed E-state index contributed by atoms with van der Waals surface area (Å²) in [7, 11) is -3.21. The van der Waals surface area contributed by atoms with Crippen LogP contribution in [0.25, 0.3) is 0 Å². The second-order valence-corrected chi connectivity index (χ2v) is 7.73. The van der Waals surface area contributed by atoms with Crippen LogP contribution in [-0.2, 0) is 16.4 Å². The van der Waals surface area contributed by atoms with Crippen molar-refractivity contribution in [2.75, 3.05) is 25.4 Å². The SMILES string of the molecule is O=S(=O)(CC1CCNCC1)NCC1Cc2ccccc2O1. The van der Waals surface area contributed by atoms with Gasteiger partial charge in [0.05, 0.1) is 5.75 Å². The molecule has 1 saturated heterocycles. The number of fused-ring (bicyclic) bond motifs is 1. The molecule has 2 aliphatic rings. The van der Waals surface area contributed by atoms with Crippen molar-refractivity contribution in [3.8, 4) is 5.75 Å². The molecule has 0 radical (unpaired) electrons. The van der Waals surface area contributed by atoms with E-state index in [0.29, 0.717) is 6.54 Å². The minimum Gasteiger partial charge on any atom is -0.488 e. The van der Waals surface area contributed by atoms with Crippen molar-refractivity contribution in [3.63, 3.8) is 0 Å². The maximum Gasteiger partial charge on any atom is 0.211 e. The van der Waals surface area contributed by atoms with E-state index in [4.69, 9.17) is 4.74 Å². The van der Waals surface area contributed by atoms with E-state index in [9.17, 15) is 8.42 Å². The van der Waals surface area contributed by atoms with Crippen LogP contribution in [0.5, 0.6) is 5.75 Å². The van der Waals surface area contributed by atoms with E-state index < -0.39 is 10.0 Å². The second-order valence-electron chi connectivity index (χ2n) is 5.87. The molecule has 2 heterocycles. The number of sulfonamides is 1. The number of benzene rings is 1. The molecular weight excluding hydrogens is 288 g/mol. The highest BCUT2D eigenvalue weighted by Gasteiger charge is 2.25. The zero-order valence-electron chi connectivity index (χ0n) is 12.0. The highest BCUT2D eigenvalue weighted by Crippen LogP contribution is 2.27. The van der Waals surface area contributed by atoms with Crippen LogP contribution in [0.1, 0.15) is 18.4 Å². The van der Waals surface area contributed by atoms with Crippen LogP contribution < -0.4 is 14.8 Å². The third-order valence-electron chi connectivity index (χ3n) is 4.16. The number of nitrogens with one attached hydrogen (secondary N) is 2. The molecule has 0 amide bonds. The number of piperidine rings is 1. The molecule has 1 aromatic carbocycles. The van der Waals surface area contributed by atoms with E-state index in [1.165, 1.54) is 0 Å². The molecule has 3 rings (SSSR count). The fraction of sp³-hybridized carbons (Fsp3) is 0.600. The van der Waals surface area contributed by atoms with E-state index in [0.717, 1.165) is 43.7 Å². The van der Waals surface area contributed by atoms with Crippen LogP contribution in [0.3, 0.4) is 0 Å². The van der Waals surface area contributed by atoms with Gasteiger partial charge in [-0.05, 0) is 43.5 Å². The summed E-state index contributed by atoms with van der Waals surface area (Å²) in [5, 5.41) is 3.25. The molecule has 2 aliphatic heterocycles. The Morgan fingerprint density at radius 3 is 2.76 bits per heavy atom. The molecule has 6 heteroatoms. The van der Waals surface area contributed by atoms with Crippen molar-refractivity contribution in [2.24, 2.45) is 5.92 Å². The highest BCUT2D eigenvalue weighted by molar-refractivity contribution is 7.89. The largest absolute Gasteiger partial charge is 0.488 e. The van der Waals surface area contributed by atoms with Gasteiger partial charge in [0, 0.05) is 13.0 Å². The Bertz CT molecular complexity index is 557. The maximum absolute atomic E-state index is 12.1. The minimum atomic E-state index is -3.21. The van der Waals surface area contributed by atoms with Crippen molar-refractivity contribution < 1.29 is 13.2 Å². The van der Waals surface area contributed by atoms with Crippen LogP contribution in [-0.4, -0.2) is 39.9 Å². The Hall–Kier alpha value is -1.11. The molecule has 1 atom stereocenters. The van der Waals surface area contributed by atoms with E-state index in [1.807, 2.05) is 24.3 Å². The van der Waals surface area contributed by atoms with Gasteiger partial charge in [0.1, 0.15) is 11.9 Å². The first-order valence-corrected chi connectivity index (χ1v) is 9.20. The average Bonchev–Trinajstić information content (AvgIpc) is 2.89. The zero-order chi connectivity index (χ0) is 14.7. The highest BCUT2D eigenvalue weighted by atomic mass is 32.2. The Labute approximate surface area is 126 Å².